The van der Waals surface area contributed by atoms with E-state index >= 15 is 0 Å². The molecule has 2 rings (SSSR count). The number of carboxylic acid groups (broad SMARTS) is 1. The molecule has 1 unspecified atom stereocenters. The molecule has 0 bridgehead atoms. The van der Waals surface area contributed by atoms with Crippen LogP contribution in [0.4, 0.5) is 5.69 Å². The normalized spacial score (nSPS) is 17.2. The van der Waals surface area contributed by atoms with Crippen LogP contribution in [0.25, 0.3) is 0 Å². The highest BCUT2D eigenvalue weighted by Crippen LogP contribution is 2.28. The third-order valence-electron chi connectivity index (χ3n) is 3.98. The number of benzene rings is 1. The van der Waals surface area contributed by atoms with Crippen LogP contribution in [0.1, 0.15) is 32.1 Å². The summed E-state index contributed by atoms with van der Waals surface area (Å²) in [6, 6.07) is 8.63. The Hall–Kier alpha value is -1.88. The summed E-state index contributed by atoms with van der Waals surface area (Å²) in [5.74, 6) is -1.68. The lowest BCUT2D eigenvalue weighted by molar-refractivity contribution is -0.138. The molecule has 1 fully saturated rings. The fourth-order valence-corrected chi connectivity index (χ4v) is 2.85. The van der Waals surface area contributed by atoms with Crippen LogP contribution in [-0.4, -0.2) is 34.7 Å². The van der Waals surface area contributed by atoms with Crippen molar-refractivity contribution in [2.75, 3.05) is 11.4 Å². The minimum Gasteiger partial charge on any atom is -0.480 e. The van der Waals surface area contributed by atoms with Gasteiger partial charge in [-0.25, -0.2) is 0 Å². The summed E-state index contributed by atoms with van der Waals surface area (Å²) in [5.41, 5.74) is 0.500. The molecule has 5 nitrogen and oxygen atoms in total. The Balaban J connectivity index is 2.15. The van der Waals surface area contributed by atoms with Gasteiger partial charge in [-0.3, -0.25) is 14.5 Å². The van der Waals surface area contributed by atoms with Gasteiger partial charge in [0.15, 0.2) is 0 Å². The second-order valence-electron chi connectivity index (χ2n) is 5.50. The average molecular weight is 291 g/mol. The van der Waals surface area contributed by atoms with Crippen molar-refractivity contribution in [3.8, 4) is 0 Å². The van der Waals surface area contributed by atoms with E-state index < -0.39 is 24.5 Å². The van der Waals surface area contributed by atoms with E-state index in [0.717, 1.165) is 37.0 Å². The number of aliphatic hydroxyl groups is 1. The van der Waals surface area contributed by atoms with Crippen molar-refractivity contribution in [3.05, 3.63) is 30.3 Å². The fourth-order valence-electron chi connectivity index (χ4n) is 2.85. The molecule has 21 heavy (non-hydrogen) atoms. The zero-order chi connectivity index (χ0) is 15.2. The Kier molecular flexibility index (Phi) is 5.33. The molecule has 1 atom stereocenters. The molecule has 1 amide bonds. The summed E-state index contributed by atoms with van der Waals surface area (Å²) in [6.45, 7) is -0.438. The standard InChI is InChI=1S/C16H21NO4/c18-14(19)11-17(13-9-5-2-6-10-13)16(21)15(20)12-7-3-1-4-8-12/h2,5-6,9-10,12,15,20H,1,3-4,7-8,11H2,(H,18,19). The highest BCUT2D eigenvalue weighted by molar-refractivity contribution is 6.00. The van der Waals surface area contributed by atoms with Crippen molar-refractivity contribution >= 4 is 17.6 Å². The number of carboxylic acids is 1. The maximum atomic E-state index is 12.5. The highest BCUT2D eigenvalue weighted by Gasteiger charge is 2.32. The van der Waals surface area contributed by atoms with Gasteiger partial charge in [-0.05, 0) is 30.9 Å². The van der Waals surface area contributed by atoms with Gasteiger partial charge in [0.1, 0.15) is 12.6 Å². The molecule has 1 saturated carbocycles. The number of hydrogen-bond acceptors (Lipinski definition) is 3. The first kappa shape index (κ1) is 15.5. The molecule has 0 aliphatic heterocycles. The first-order valence-corrected chi connectivity index (χ1v) is 7.36. The molecule has 0 saturated heterocycles. The van der Waals surface area contributed by atoms with Gasteiger partial charge in [-0.15, -0.1) is 0 Å². The van der Waals surface area contributed by atoms with Gasteiger partial charge >= 0.3 is 5.97 Å². The van der Waals surface area contributed by atoms with Crippen molar-refractivity contribution in [2.24, 2.45) is 5.92 Å². The molecule has 1 aromatic carbocycles. The summed E-state index contributed by atoms with van der Waals surface area (Å²) in [7, 11) is 0. The van der Waals surface area contributed by atoms with Gasteiger partial charge < -0.3 is 10.2 Å². The van der Waals surface area contributed by atoms with E-state index in [2.05, 4.69) is 0 Å². The Morgan fingerprint density at radius 2 is 1.76 bits per heavy atom. The van der Waals surface area contributed by atoms with Crippen LogP contribution in [0.2, 0.25) is 0 Å². The van der Waals surface area contributed by atoms with Crippen LogP contribution in [0.15, 0.2) is 30.3 Å². The van der Waals surface area contributed by atoms with Crippen LogP contribution >= 0.6 is 0 Å². The minimum atomic E-state index is -1.12. The molecule has 114 valence electrons. The third kappa shape index (κ3) is 4.04. The molecular formula is C16H21NO4. The zero-order valence-electron chi connectivity index (χ0n) is 11.9. The second kappa shape index (κ2) is 7.22. The van der Waals surface area contributed by atoms with Gasteiger partial charge in [0.25, 0.3) is 5.91 Å². The molecule has 1 aliphatic rings. The number of anilines is 1. The lowest BCUT2D eigenvalue weighted by Gasteiger charge is -2.30. The zero-order valence-corrected chi connectivity index (χ0v) is 11.9. The van der Waals surface area contributed by atoms with E-state index in [9.17, 15) is 14.7 Å². The fraction of sp³-hybridized carbons (Fsp3) is 0.500. The lowest BCUT2D eigenvalue weighted by Crippen LogP contribution is -2.45. The first-order valence-electron chi connectivity index (χ1n) is 7.36. The summed E-state index contributed by atoms with van der Waals surface area (Å²) < 4.78 is 0. The number of rotatable bonds is 5. The molecule has 0 radical (unpaired) electrons. The second-order valence-corrected chi connectivity index (χ2v) is 5.50. The molecule has 0 aromatic heterocycles. The van der Waals surface area contributed by atoms with Crippen molar-refractivity contribution in [2.45, 2.75) is 38.2 Å². The maximum absolute atomic E-state index is 12.5. The molecule has 0 spiro atoms. The smallest absolute Gasteiger partial charge is 0.323 e. The summed E-state index contributed by atoms with van der Waals surface area (Å²) in [4.78, 5) is 24.7. The SMILES string of the molecule is O=C(O)CN(C(=O)C(O)C1CCCCC1)c1ccccc1. The van der Waals surface area contributed by atoms with Crippen LogP contribution in [-0.2, 0) is 9.59 Å². The van der Waals surface area contributed by atoms with Gasteiger partial charge in [0.05, 0.1) is 0 Å². The molecular weight excluding hydrogens is 270 g/mol. The number of hydrogen-bond donors (Lipinski definition) is 2. The number of amides is 1. The van der Waals surface area contributed by atoms with Gasteiger partial charge in [-0.2, -0.15) is 0 Å². The Labute approximate surface area is 124 Å². The number of nitrogens with zero attached hydrogens (tertiary/aromatic N) is 1. The first-order chi connectivity index (χ1) is 10.1. The third-order valence-corrected chi connectivity index (χ3v) is 3.98. The van der Waals surface area contributed by atoms with Crippen LogP contribution < -0.4 is 4.90 Å². The van der Waals surface area contributed by atoms with E-state index in [-0.39, 0.29) is 5.92 Å². The van der Waals surface area contributed by atoms with Crippen molar-refractivity contribution in [1.82, 2.24) is 0 Å². The van der Waals surface area contributed by atoms with Crippen LogP contribution in [0.3, 0.4) is 0 Å². The minimum absolute atomic E-state index is 0.0637. The summed E-state index contributed by atoms with van der Waals surface area (Å²) in [5, 5.41) is 19.3. The predicted octanol–water partition coefficient (Wildman–Crippen LogP) is 2.05. The van der Waals surface area contributed by atoms with Crippen LogP contribution in [0, 0.1) is 5.92 Å². The molecule has 1 aliphatic carbocycles. The predicted molar refractivity (Wildman–Crippen MR) is 79.0 cm³/mol. The van der Waals surface area contributed by atoms with E-state index in [0.29, 0.717) is 5.69 Å². The topological polar surface area (TPSA) is 77.8 Å². The van der Waals surface area contributed by atoms with Crippen molar-refractivity contribution in [1.29, 1.82) is 0 Å². The van der Waals surface area contributed by atoms with E-state index in [1.165, 1.54) is 0 Å². The Bertz CT molecular complexity index is 482. The van der Waals surface area contributed by atoms with Crippen LogP contribution in [0.5, 0.6) is 0 Å². The van der Waals surface area contributed by atoms with E-state index in [1.54, 1.807) is 30.3 Å². The molecule has 2 N–H and O–H groups in total. The summed E-state index contributed by atoms with van der Waals surface area (Å²) >= 11 is 0. The number of aliphatic hydroxyl groups excluding tert-OH is 1. The van der Waals surface area contributed by atoms with Gasteiger partial charge in [0, 0.05) is 5.69 Å². The van der Waals surface area contributed by atoms with E-state index in [1.807, 2.05) is 0 Å². The number of aliphatic carboxylic acids is 1. The summed E-state index contributed by atoms with van der Waals surface area (Å²) in [6.07, 6.45) is 3.68. The van der Waals surface area contributed by atoms with Gasteiger partial charge in [-0.1, -0.05) is 37.5 Å². The molecule has 0 heterocycles. The number of carbonyl (C=O) groups is 2. The van der Waals surface area contributed by atoms with Crippen molar-refractivity contribution in [3.63, 3.8) is 0 Å². The maximum Gasteiger partial charge on any atom is 0.323 e. The average Bonchev–Trinajstić information content (AvgIpc) is 2.53. The van der Waals surface area contributed by atoms with Crippen molar-refractivity contribution < 1.29 is 19.8 Å². The molecule has 5 heteroatoms. The monoisotopic (exact) mass is 291 g/mol. The lowest BCUT2D eigenvalue weighted by atomic mass is 9.85. The quantitative estimate of drug-likeness (QED) is 0.870. The van der Waals surface area contributed by atoms with E-state index in [4.69, 9.17) is 5.11 Å². The van der Waals surface area contributed by atoms with Gasteiger partial charge in [0.2, 0.25) is 0 Å². The molecule has 1 aromatic rings. The Morgan fingerprint density at radius 1 is 1.14 bits per heavy atom. The Morgan fingerprint density at radius 3 is 2.33 bits per heavy atom. The number of carbonyl (C=O) groups excluding carboxylic acids is 1. The number of para-hydroxylation sites is 1. The largest absolute Gasteiger partial charge is 0.480 e. The highest BCUT2D eigenvalue weighted by atomic mass is 16.4.